The fourth-order valence-electron chi connectivity index (χ4n) is 3.03. The highest BCUT2D eigenvalue weighted by Gasteiger charge is 2.29. The van der Waals surface area contributed by atoms with Crippen molar-refractivity contribution in [1.29, 1.82) is 0 Å². The smallest absolute Gasteiger partial charge is 0.243 e. The van der Waals surface area contributed by atoms with E-state index in [4.69, 9.17) is 0 Å². The van der Waals surface area contributed by atoms with Gasteiger partial charge in [-0.15, -0.1) is 0 Å². The molecule has 27 heavy (non-hydrogen) atoms. The van der Waals surface area contributed by atoms with E-state index >= 15 is 0 Å². The molecule has 0 spiro atoms. The van der Waals surface area contributed by atoms with E-state index in [1.165, 1.54) is 4.31 Å². The van der Waals surface area contributed by atoms with Crippen LogP contribution >= 0.6 is 15.9 Å². The number of hydrogen-bond acceptors (Lipinski definition) is 4. The monoisotopic (exact) mass is 451 g/mol. The van der Waals surface area contributed by atoms with Crippen LogP contribution < -0.4 is 5.32 Å². The average Bonchev–Trinajstić information content (AvgIpc) is 2.68. The molecular weight excluding hydrogens is 430 g/mol. The van der Waals surface area contributed by atoms with Crippen LogP contribution in [0.4, 0.5) is 5.69 Å². The van der Waals surface area contributed by atoms with Gasteiger partial charge < -0.3 is 10.2 Å². The van der Waals surface area contributed by atoms with Gasteiger partial charge in [0.2, 0.25) is 15.9 Å². The molecule has 2 aromatic carbocycles. The van der Waals surface area contributed by atoms with Crippen molar-refractivity contribution in [2.24, 2.45) is 0 Å². The molecule has 0 bridgehead atoms. The van der Waals surface area contributed by atoms with Crippen molar-refractivity contribution in [2.45, 2.75) is 11.8 Å². The van der Waals surface area contributed by atoms with Gasteiger partial charge in [0.05, 0.1) is 11.4 Å². The van der Waals surface area contributed by atoms with Crippen molar-refractivity contribution >= 4 is 37.5 Å². The maximum absolute atomic E-state index is 12.6. The molecule has 6 nitrogen and oxygen atoms in total. The van der Waals surface area contributed by atoms with E-state index < -0.39 is 10.0 Å². The normalized spacial score (nSPS) is 15.6. The Bertz CT molecular complexity index is 911. The number of piperazine rings is 1. The fraction of sp³-hybridized carbons (Fsp3) is 0.316. The molecule has 1 heterocycles. The summed E-state index contributed by atoms with van der Waals surface area (Å²) in [6, 6.07) is 14.2. The highest BCUT2D eigenvalue weighted by atomic mass is 79.9. The Kier molecular flexibility index (Phi) is 6.18. The van der Waals surface area contributed by atoms with Crippen LogP contribution in [0, 0.1) is 6.92 Å². The first-order valence-corrected chi connectivity index (χ1v) is 10.9. The number of halogens is 1. The summed E-state index contributed by atoms with van der Waals surface area (Å²) in [6.45, 7) is 3.57. The molecule has 1 N–H and O–H groups in total. The van der Waals surface area contributed by atoms with Crippen molar-refractivity contribution < 1.29 is 13.2 Å². The zero-order chi connectivity index (χ0) is 19.4. The summed E-state index contributed by atoms with van der Waals surface area (Å²) < 4.78 is 27.7. The molecule has 0 aromatic heterocycles. The molecule has 1 saturated heterocycles. The molecule has 2 aromatic rings. The third-order valence-electron chi connectivity index (χ3n) is 4.59. The van der Waals surface area contributed by atoms with Gasteiger partial charge in [-0.1, -0.05) is 34.1 Å². The lowest BCUT2D eigenvalue weighted by molar-refractivity contribution is -0.130. The molecule has 144 valence electrons. The summed E-state index contributed by atoms with van der Waals surface area (Å²) in [5.74, 6) is -0.0333. The summed E-state index contributed by atoms with van der Waals surface area (Å²) in [4.78, 5) is 14.5. The lowest BCUT2D eigenvalue weighted by Gasteiger charge is -2.34. The first kappa shape index (κ1) is 19.9. The van der Waals surface area contributed by atoms with Crippen molar-refractivity contribution in [3.05, 3.63) is 58.6 Å². The van der Waals surface area contributed by atoms with Crippen LogP contribution in [0.5, 0.6) is 0 Å². The Morgan fingerprint density at radius 1 is 1.07 bits per heavy atom. The van der Waals surface area contributed by atoms with Crippen LogP contribution in [0.1, 0.15) is 5.56 Å². The summed E-state index contributed by atoms with van der Waals surface area (Å²) in [6.07, 6.45) is 0. The molecule has 8 heteroatoms. The van der Waals surface area contributed by atoms with Crippen LogP contribution in [0.3, 0.4) is 0 Å². The predicted octanol–water partition coefficient (Wildman–Crippen LogP) is 2.70. The SMILES string of the molecule is Cc1cc(Br)ccc1NCC(=O)N1CCN(S(=O)(=O)c2ccccc2)CC1. The fourth-order valence-corrected chi connectivity index (χ4v) is 4.95. The third-order valence-corrected chi connectivity index (χ3v) is 7.00. The molecule has 1 aliphatic heterocycles. The van der Waals surface area contributed by atoms with E-state index in [0.29, 0.717) is 26.2 Å². The van der Waals surface area contributed by atoms with Gasteiger partial charge >= 0.3 is 0 Å². The van der Waals surface area contributed by atoms with Gasteiger partial charge in [-0.05, 0) is 42.8 Å². The number of nitrogens with one attached hydrogen (secondary N) is 1. The molecule has 3 rings (SSSR count). The van der Waals surface area contributed by atoms with E-state index in [9.17, 15) is 13.2 Å². The van der Waals surface area contributed by atoms with Gasteiger partial charge in [0.25, 0.3) is 0 Å². The molecule has 1 fully saturated rings. The largest absolute Gasteiger partial charge is 0.376 e. The Morgan fingerprint density at radius 3 is 2.37 bits per heavy atom. The molecular formula is C19H22BrN3O3S. The van der Waals surface area contributed by atoms with E-state index in [1.54, 1.807) is 35.2 Å². The van der Waals surface area contributed by atoms with Crippen LogP contribution in [0.2, 0.25) is 0 Å². The number of carbonyl (C=O) groups is 1. The Morgan fingerprint density at radius 2 is 1.74 bits per heavy atom. The molecule has 1 aliphatic rings. The second-order valence-electron chi connectivity index (χ2n) is 6.41. The zero-order valence-corrected chi connectivity index (χ0v) is 17.5. The lowest BCUT2D eigenvalue weighted by atomic mass is 10.2. The number of amides is 1. The second kappa shape index (κ2) is 8.41. The minimum atomic E-state index is -3.50. The molecule has 0 atom stereocenters. The Hall–Kier alpha value is -1.90. The van der Waals surface area contributed by atoms with E-state index in [1.807, 2.05) is 25.1 Å². The second-order valence-corrected chi connectivity index (χ2v) is 9.26. The highest BCUT2D eigenvalue weighted by Crippen LogP contribution is 2.20. The van der Waals surface area contributed by atoms with Crippen molar-refractivity contribution in [2.75, 3.05) is 38.0 Å². The zero-order valence-electron chi connectivity index (χ0n) is 15.1. The topological polar surface area (TPSA) is 69.7 Å². The standard InChI is InChI=1S/C19H22BrN3O3S/c1-15-13-16(20)7-8-18(15)21-14-19(24)22-9-11-23(12-10-22)27(25,26)17-5-3-2-4-6-17/h2-8,13,21H,9-12,14H2,1H3. The molecule has 0 unspecified atom stereocenters. The number of aryl methyl sites for hydroxylation is 1. The number of hydrogen-bond donors (Lipinski definition) is 1. The molecule has 0 radical (unpaired) electrons. The minimum absolute atomic E-state index is 0.0333. The summed E-state index contributed by atoms with van der Waals surface area (Å²) >= 11 is 3.42. The number of sulfonamides is 1. The van der Waals surface area contributed by atoms with Crippen LogP contribution in [0.25, 0.3) is 0 Å². The summed E-state index contributed by atoms with van der Waals surface area (Å²) in [7, 11) is -3.50. The summed E-state index contributed by atoms with van der Waals surface area (Å²) in [5.41, 5.74) is 1.97. The molecule has 0 aliphatic carbocycles. The predicted molar refractivity (Wildman–Crippen MR) is 109 cm³/mol. The number of nitrogens with zero attached hydrogens (tertiary/aromatic N) is 2. The quantitative estimate of drug-likeness (QED) is 0.758. The van der Waals surface area contributed by atoms with E-state index in [2.05, 4.69) is 21.2 Å². The average molecular weight is 452 g/mol. The van der Waals surface area contributed by atoms with Crippen molar-refractivity contribution in [1.82, 2.24) is 9.21 Å². The van der Waals surface area contributed by atoms with Gasteiger partial charge in [0.15, 0.2) is 0 Å². The van der Waals surface area contributed by atoms with Gasteiger partial charge in [-0.3, -0.25) is 4.79 Å². The lowest BCUT2D eigenvalue weighted by Crippen LogP contribution is -2.51. The van der Waals surface area contributed by atoms with Gasteiger partial charge in [-0.2, -0.15) is 4.31 Å². The number of rotatable bonds is 5. The first-order chi connectivity index (χ1) is 12.9. The van der Waals surface area contributed by atoms with Crippen LogP contribution in [0.15, 0.2) is 57.9 Å². The number of anilines is 1. The van der Waals surface area contributed by atoms with Gasteiger partial charge in [-0.25, -0.2) is 8.42 Å². The van der Waals surface area contributed by atoms with Crippen molar-refractivity contribution in [3.63, 3.8) is 0 Å². The third kappa shape index (κ3) is 4.69. The number of carbonyl (C=O) groups excluding carboxylic acids is 1. The van der Waals surface area contributed by atoms with Gasteiger partial charge in [0.1, 0.15) is 0 Å². The van der Waals surface area contributed by atoms with E-state index in [-0.39, 0.29) is 17.3 Å². The maximum Gasteiger partial charge on any atom is 0.243 e. The Labute approximate surface area is 168 Å². The maximum atomic E-state index is 12.6. The summed E-state index contributed by atoms with van der Waals surface area (Å²) in [5, 5.41) is 3.16. The van der Waals surface area contributed by atoms with Gasteiger partial charge in [0, 0.05) is 36.3 Å². The molecule has 0 saturated carbocycles. The highest BCUT2D eigenvalue weighted by molar-refractivity contribution is 9.10. The van der Waals surface area contributed by atoms with Crippen LogP contribution in [-0.2, 0) is 14.8 Å². The molecule has 1 amide bonds. The Balaban J connectivity index is 1.55. The minimum Gasteiger partial charge on any atom is -0.376 e. The first-order valence-electron chi connectivity index (χ1n) is 8.71. The van der Waals surface area contributed by atoms with Crippen LogP contribution in [-0.4, -0.2) is 56.3 Å². The van der Waals surface area contributed by atoms with E-state index in [0.717, 1.165) is 15.7 Å². The van der Waals surface area contributed by atoms with Crippen molar-refractivity contribution in [3.8, 4) is 0 Å². The number of benzene rings is 2.